The first kappa shape index (κ1) is 16.9. The highest BCUT2D eigenvalue weighted by Gasteiger charge is 2.21. The molecular formula is C14H23NO4S. The highest BCUT2D eigenvalue weighted by molar-refractivity contribution is 7.89. The van der Waals surface area contributed by atoms with Gasteiger partial charge in [-0.25, -0.2) is 13.1 Å². The Kier molecular flexibility index (Phi) is 5.98. The molecule has 1 unspecified atom stereocenters. The summed E-state index contributed by atoms with van der Waals surface area (Å²) >= 11 is 0. The average Bonchev–Trinajstić information content (AvgIpc) is 2.36. The maximum atomic E-state index is 12.3. The first-order valence-electron chi connectivity index (χ1n) is 6.58. The number of sulfonamides is 1. The van der Waals surface area contributed by atoms with Gasteiger partial charge < -0.3 is 9.84 Å². The zero-order chi connectivity index (χ0) is 15.3. The van der Waals surface area contributed by atoms with E-state index >= 15 is 0 Å². The minimum Gasteiger partial charge on any atom is -0.496 e. The summed E-state index contributed by atoms with van der Waals surface area (Å²) in [5, 5.41) is 9.27. The fourth-order valence-electron chi connectivity index (χ4n) is 2.03. The lowest BCUT2D eigenvalue weighted by Crippen LogP contribution is -2.38. The molecule has 6 heteroatoms. The largest absolute Gasteiger partial charge is 0.496 e. The fraction of sp³-hybridized carbons (Fsp3) is 0.571. The summed E-state index contributed by atoms with van der Waals surface area (Å²) in [4.78, 5) is 0.179. The van der Waals surface area contributed by atoms with Gasteiger partial charge in [0.1, 0.15) is 5.75 Å². The number of benzene rings is 1. The van der Waals surface area contributed by atoms with Crippen LogP contribution in [0.15, 0.2) is 23.1 Å². The zero-order valence-corrected chi connectivity index (χ0v) is 13.2. The van der Waals surface area contributed by atoms with Crippen LogP contribution < -0.4 is 9.46 Å². The minimum absolute atomic E-state index is 0.179. The third-order valence-corrected chi connectivity index (χ3v) is 4.49. The second kappa shape index (κ2) is 7.06. The standard InChI is InChI=1S/C14H23NO4S/c1-10(2)7-12(9-16)15-20(17,18)13-5-6-14(19-4)11(3)8-13/h5-6,8,10,12,15-16H,7,9H2,1-4H3. The van der Waals surface area contributed by atoms with Gasteiger partial charge in [0.15, 0.2) is 0 Å². The number of ether oxygens (including phenoxy) is 1. The van der Waals surface area contributed by atoms with Crippen molar-refractivity contribution in [1.29, 1.82) is 0 Å². The van der Waals surface area contributed by atoms with Gasteiger partial charge in [-0.2, -0.15) is 0 Å². The van der Waals surface area contributed by atoms with E-state index in [0.717, 1.165) is 5.56 Å². The first-order valence-corrected chi connectivity index (χ1v) is 8.06. The van der Waals surface area contributed by atoms with Crippen LogP contribution in [-0.4, -0.2) is 33.3 Å². The third-order valence-electron chi connectivity index (χ3n) is 2.97. The molecule has 0 amide bonds. The molecule has 1 aromatic rings. The molecular weight excluding hydrogens is 278 g/mol. The van der Waals surface area contributed by atoms with Crippen LogP contribution >= 0.6 is 0 Å². The maximum absolute atomic E-state index is 12.3. The van der Waals surface area contributed by atoms with Crippen LogP contribution in [-0.2, 0) is 10.0 Å². The zero-order valence-electron chi connectivity index (χ0n) is 12.4. The molecule has 1 rings (SSSR count). The van der Waals surface area contributed by atoms with E-state index in [9.17, 15) is 13.5 Å². The molecule has 0 spiro atoms. The number of hydrogen-bond donors (Lipinski definition) is 2. The molecule has 0 bridgehead atoms. The highest BCUT2D eigenvalue weighted by atomic mass is 32.2. The molecule has 1 atom stereocenters. The van der Waals surface area contributed by atoms with Crippen LogP contribution in [0.4, 0.5) is 0 Å². The van der Waals surface area contributed by atoms with Crippen molar-refractivity contribution in [3.8, 4) is 5.75 Å². The summed E-state index contributed by atoms with van der Waals surface area (Å²) in [6, 6.07) is 4.21. The topological polar surface area (TPSA) is 75.6 Å². The summed E-state index contributed by atoms with van der Waals surface area (Å²) in [7, 11) is -2.09. The molecule has 0 aliphatic heterocycles. The van der Waals surface area contributed by atoms with E-state index in [1.807, 2.05) is 13.8 Å². The first-order chi connectivity index (χ1) is 9.30. The Morgan fingerprint density at radius 3 is 2.45 bits per heavy atom. The summed E-state index contributed by atoms with van der Waals surface area (Å²) in [5.74, 6) is 0.942. The second-order valence-electron chi connectivity index (χ2n) is 5.26. The van der Waals surface area contributed by atoms with E-state index in [1.54, 1.807) is 26.2 Å². The second-order valence-corrected chi connectivity index (χ2v) is 6.98. The molecule has 20 heavy (non-hydrogen) atoms. The Morgan fingerprint density at radius 1 is 1.35 bits per heavy atom. The van der Waals surface area contributed by atoms with E-state index < -0.39 is 16.1 Å². The number of rotatable bonds is 7. The van der Waals surface area contributed by atoms with Crippen molar-refractivity contribution in [2.45, 2.75) is 38.1 Å². The molecule has 1 aromatic carbocycles. The highest BCUT2D eigenvalue weighted by Crippen LogP contribution is 2.21. The van der Waals surface area contributed by atoms with E-state index in [0.29, 0.717) is 18.1 Å². The van der Waals surface area contributed by atoms with Crippen LogP contribution in [0.25, 0.3) is 0 Å². The maximum Gasteiger partial charge on any atom is 0.240 e. The summed E-state index contributed by atoms with van der Waals surface area (Å²) in [6.07, 6.45) is 0.588. The van der Waals surface area contributed by atoms with Crippen LogP contribution in [0, 0.1) is 12.8 Å². The number of aryl methyl sites for hydroxylation is 1. The van der Waals surface area contributed by atoms with Gasteiger partial charge in [-0.3, -0.25) is 0 Å². The molecule has 0 fully saturated rings. The normalized spacial score (nSPS) is 13.5. The van der Waals surface area contributed by atoms with Gasteiger partial charge in [0.05, 0.1) is 18.6 Å². The van der Waals surface area contributed by atoms with Gasteiger partial charge in [-0.1, -0.05) is 13.8 Å². The molecule has 2 N–H and O–H groups in total. The molecule has 0 saturated heterocycles. The third kappa shape index (κ3) is 4.47. The van der Waals surface area contributed by atoms with Crippen molar-refractivity contribution < 1.29 is 18.3 Å². The predicted octanol–water partition coefficient (Wildman–Crippen LogP) is 1.69. The number of aliphatic hydroxyl groups excluding tert-OH is 1. The van der Waals surface area contributed by atoms with Gasteiger partial charge in [0.2, 0.25) is 10.0 Å². The smallest absolute Gasteiger partial charge is 0.240 e. The van der Waals surface area contributed by atoms with Crippen LogP contribution in [0.5, 0.6) is 5.75 Å². The number of hydrogen-bond acceptors (Lipinski definition) is 4. The lowest BCUT2D eigenvalue weighted by molar-refractivity contribution is 0.240. The van der Waals surface area contributed by atoms with Gasteiger partial charge >= 0.3 is 0 Å². The quantitative estimate of drug-likeness (QED) is 0.803. The van der Waals surface area contributed by atoms with Crippen molar-refractivity contribution in [2.24, 2.45) is 5.92 Å². The molecule has 114 valence electrons. The van der Waals surface area contributed by atoms with Crippen molar-refractivity contribution in [3.05, 3.63) is 23.8 Å². The summed E-state index contributed by atoms with van der Waals surface area (Å²) in [6.45, 7) is 5.53. The molecule has 5 nitrogen and oxygen atoms in total. The van der Waals surface area contributed by atoms with Crippen molar-refractivity contribution >= 4 is 10.0 Å². The molecule has 0 aliphatic rings. The number of nitrogens with one attached hydrogen (secondary N) is 1. The number of methoxy groups -OCH3 is 1. The lowest BCUT2D eigenvalue weighted by Gasteiger charge is -2.18. The van der Waals surface area contributed by atoms with Gasteiger partial charge in [0.25, 0.3) is 0 Å². The SMILES string of the molecule is COc1ccc(S(=O)(=O)NC(CO)CC(C)C)cc1C. The summed E-state index contributed by atoms with van der Waals surface area (Å²) in [5.41, 5.74) is 0.750. The van der Waals surface area contributed by atoms with E-state index in [4.69, 9.17) is 4.74 Å². The van der Waals surface area contributed by atoms with Crippen LogP contribution in [0.1, 0.15) is 25.8 Å². The van der Waals surface area contributed by atoms with E-state index in [-0.39, 0.29) is 11.5 Å². The molecule has 0 aromatic heterocycles. The van der Waals surface area contributed by atoms with Crippen molar-refractivity contribution in [1.82, 2.24) is 4.72 Å². The van der Waals surface area contributed by atoms with Crippen LogP contribution in [0.2, 0.25) is 0 Å². The number of aliphatic hydroxyl groups is 1. The van der Waals surface area contributed by atoms with E-state index in [2.05, 4.69) is 4.72 Å². The Bertz CT molecular complexity index is 540. The van der Waals surface area contributed by atoms with Crippen molar-refractivity contribution in [2.75, 3.05) is 13.7 Å². The van der Waals surface area contributed by atoms with Gasteiger partial charge in [-0.05, 0) is 43.0 Å². The van der Waals surface area contributed by atoms with Crippen molar-refractivity contribution in [3.63, 3.8) is 0 Å². The predicted molar refractivity (Wildman–Crippen MR) is 78.4 cm³/mol. The Hall–Kier alpha value is -1.11. The molecule has 0 saturated carbocycles. The molecule has 0 heterocycles. The lowest BCUT2D eigenvalue weighted by atomic mass is 10.1. The molecule has 0 radical (unpaired) electrons. The Balaban J connectivity index is 2.95. The van der Waals surface area contributed by atoms with Gasteiger partial charge in [0, 0.05) is 6.04 Å². The van der Waals surface area contributed by atoms with Crippen LogP contribution in [0.3, 0.4) is 0 Å². The Labute approximate surface area is 121 Å². The Morgan fingerprint density at radius 2 is 2.00 bits per heavy atom. The van der Waals surface area contributed by atoms with Gasteiger partial charge in [-0.15, -0.1) is 0 Å². The minimum atomic E-state index is -3.63. The average molecular weight is 301 g/mol. The molecule has 0 aliphatic carbocycles. The monoisotopic (exact) mass is 301 g/mol. The van der Waals surface area contributed by atoms with E-state index in [1.165, 1.54) is 6.07 Å². The fourth-order valence-corrected chi connectivity index (χ4v) is 3.36. The summed E-state index contributed by atoms with van der Waals surface area (Å²) < 4.78 is 32.2.